The lowest BCUT2D eigenvalue weighted by Gasteiger charge is -2.39. The van der Waals surface area contributed by atoms with E-state index in [-0.39, 0.29) is 5.54 Å². The number of rotatable bonds is 7. The van der Waals surface area contributed by atoms with E-state index < -0.39 is 0 Å². The Labute approximate surface area is 197 Å². The molecule has 4 aromatic heterocycles. The molecule has 1 aliphatic heterocycles. The van der Waals surface area contributed by atoms with Gasteiger partial charge in [-0.1, -0.05) is 12.8 Å². The number of aromatic nitrogens is 6. The smallest absolute Gasteiger partial charge is 0.180 e. The van der Waals surface area contributed by atoms with Gasteiger partial charge >= 0.3 is 0 Å². The quantitative estimate of drug-likeness (QED) is 0.416. The van der Waals surface area contributed by atoms with Gasteiger partial charge in [0.1, 0.15) is 5.00 Å². The number of aromatic amines is 1. The number of aryl methyl sites for hydroxylation is 1. The zero-order valence-corrected chi connectivity index (χ0v) is 20.2. The van der Waals surface area contributed by atoms with Crippen molar-refractivity contribution in [2.24, 2.45) is 0 Å². The fourth-order valence-corrected chi connectivity index (χ4v) is 5.37. The molecule has 0 amide bonds. The molecule has 1 saturated heterocycles. The number of fused-ring (bicyclic) bond motifs is 1. The number of imidazole rings is 1. The van der Waals surface area contributed by atoms with Crippen LogP contribution in [0, 0.1) is 6.92 Å². The summed E-state index contributed by atoms with van der Waals surface area (Å²) in [7, 11) is 1.79. The van der Waals surface area contributed by atoms with Crippen LogP contribution >= 0.6 is 11.5 Å². The number of hydrogen-bond donors (Lipinski definition) is 2. The number of anilines is 2. The zero-order valence-electron chi connectivity index (χ0n) is 19.3. The summed E-state index contributed by atoms with van der Waals surface area (Å²) < 4.78 is 12.4. The Morgan fingerprint density at radius 3 is 3.00 bits per heavy atom. The van der Waals surface area contributed by atoms with Crippen molar-refractivity contribution >= 4 is 28.0 Å². The fourth-order valence-electron chi connectivity index (χ4n) is 4.71. The van der Waals surface area contributed by atoms with Gasteiger partial charge in [0.2, 0.25) is 0 Å². The van der Waals surface area contributed by atoms with Crippen LogP contribution < -0.4 is 5.32 Å². The normalized spacial score (nSPS) is 19.7. The predicted octanol–water partition coefficient (Wildman–Crippen LogP) is 4.41. The predicted molar refractivity (Wildman–Crippen MR) is 130 cm³/mol. The van der Waals surface area contributed by atoms with Gasteiger partial charge in [-0.15, -0.1) is 0 Å². The summed E-state index contributed by atoms with van der Waals surface area (Å²) in [5, 5.41) is 11.3. The van der Waals surface area contributed by atoms with Crippen molar-refractivity contribution in [3.63, 3.8) is 0 Å². The third kappa shape index (κ3) is 4.50. The number of hydrogen-bond acceptors (Lipinski definition) is 8. The highest BCUT2D eigenvalue weighted by Gasteiger charge is 2.33. The van der Waals surface area contributed by atoms with Crippen LogP contribution in [0.4, 0.5) is 10.8 Å². The SMILES string of the molecule is COC[C@@]1(C)CCCCCN1Cc1cc(Nc2nc(C)cn3c(-c4cn[nH]c4)cnc23)sn1. The van der Waals surface area contributed by atoms with E-state index in [2.05, 4.69) is 38.4 Å². The average Bonchev–Trinajstić information content (AvgIpc) is 3.51. The molecule has 174 valence electrons. The van der Waals surface area contributed by atoms with Crippen molar-refractivity contribution in [3.05, 3.63) is 42.2 Å². The molecular weight excluding hydrogens is 436 g/mol. The molecule has 33 heavy (non-hydrogen) atoms. The molecule has 1 atom stereocenters. The van der Waals surface area contributed by atoms with Crippen molar-refractivity contribution < 1.29 is 4.74 Å². The first-order valence-corrected chi connectivity index (χ1v) is 12.1. The van der Waals surface area contributed by atoms with Crippen molar-refractivity contribution in [2.75, 3.05) is 25.6 Å². The minimum Gasteiger partial charge on any atom is -0.383 e. The molecular formula is C23H30N8OS. The average molecular weight is 467 g/mol. The molecule has 5 heterocycles. The first-order chi connectivity index (χ1) is 16.1. The summed E-state index contributed by atoms with van der Waals surface area (Å²) in [5.74, 6) is 0.721. The minimum absolute atomic E-state index is 0.0477. The summed E-state index contributed by atoms with van der Waals surface area (Å²) in [6.07, 6.45) is 12.4. The molecule has 0 radical (unpaired) electrons. The third-order valence-corrected chi connectivity index (χ3v) is 7.16. The van der Waals surface area contributed by atoms with E-state index in [1.807, 2.05) is 29.9 Å². The van der Waals surface area contributed by atoms with Gasteiger partial charge in [0.05, 0.1) is 36.1 Å². The monoisotopic (exact) mass is 466 g/mol. The van der Waals surface area contributed by atoms with E-state index in [1.54, 1.807) is 13.3 Å². The Bertz CT molecular complexity index is 1220. The standard InChI is InChI=1S/C23H30N8OS/c1-16-13-31-19(17-10-25-26-11-17)12-24-22(31)21(27-16)28-20-9-18(29-33-20)14-30-8-6-4-5-7-23(30,2)15-32-3/h9-13H,4-8,14-15H2,1-3H3,(H,25,26)(H,27,28)/t23-/m1/s1. The maximum absolute atomic E-state index is 5.58. The summed E-state index contributed by atoms with van der Waals surface area (Å²) in [6, 6.07) is 2.13. The number of likely N-dealkylation sites (tertiary alicyclic amines) is 1. The topological polar surface area (TPSA) is 96.3 Å². The molecule has 9 nitrogen and oxygen atoms in total. The van der Waals surface area contributed by atoms with Gasteiger partial charge in [-0.3, -0.25) is 14.4 Å². The van der Waals surface area contributed by atoms with Crippen LogP contribution in [0.1, 0.15) is 44.0 Å². The van der Waals surface area contributed by atoms with Crippen LogP contribution in [0.3, 0.4) is 0 Å². The van der Waals surface area contributed by atoms with E-state index in [0.717, 1.165) is 65.2 Å². The summed E-state index contributed by atoms with van der Waals surface area (Å²) in [4.78, 5) is 11.9. The van der Waals surface area contributed by atoms with Crippen LogP contribution in [-0.4, -0.2) is 59.6 Å². The lowest BCUT2D eigenvalue weighted by atomic mass is 9.95. The van der Waals surface area contributed by atoms with Crippen LogP contribution in [0.5, 0.6) is 0 Å². The van der Waals surface area contributed by atoms with Crippen molar-refractivity contribution in [1.82, 2.24) is 33.8 Å². The highest BCUT2D eigenvalue weighted by atomic mass is 32.1. The zero-order chi connectivity index (χ0) is 22.8. The highest BCUT2D eigenvalue weighted by molar-refractivity contribution is 7.10. The maximum atomic E-state index is 5.58. The van der Waals surface area contributed by atoms with Crippen molar-refractivity contribution in [2.45, 2.75) is 51.6 Å². The van der Waals surface area contributed by atoms with Crippen molar-refractivity contribution in [1.29, 1.82) is 0 Å². The largest absolute Gasteiger partial charge is 0.383 e. The van der Waals surface area contributed by atoms with Gasteiger partial charge in [-0.25, -0.2) is 9.97 Å². The van der Waals surface area contributed by atoms with Crippen LogP contribution in [0.2, 0.25) is 0 Å². The van der Waals surface area contributed by atoms with Gasteiger partial charge in [-0.05, 0) is 50.8 Å². The molecule has 2 N–H and O–H groups in total. The number of nitrogens with zero attached hydrogens (tertiary/aromatic N) is 6. The number of H-pyrrole nitrogens is 1. The third-order valence-electron chi connectivity index (χ3n) is 6.42. The Balaban J connectivity index is 1.38. The molecule has 0 aliphatic carbocycles. The molecule has 0 saturated carbocycles. The number of methoxy groups -OCH3 is 1. The van der Waals surface area contributed by atoms with Gasteiger partial charge in [0.25, 0.3) is 0 Å². The van der Waals surface area contributed by atoms with E-state index in [9.17, 15) is 0 Å². The minimum atomic E-state index is 0.0477. The molecule has 0 bridgehead atoms. The Morgan fingerprint density at radius 2 is 2.18 bits per heavy atom. The van der Waals surface area contributed by atoms with Gasteiger partial charge in [-0.2, -0.15) is 9.47 Å². The fraction of sp³-hybridized carbons (Fsp3) is 0.478. The van der Waals surface area contributed by atoms with E-state index in [0.29, 0.717) is 0 Å². The lowest BCUT2D eigenvalue weighted by Crippen LogP contribution is -2.48. The first kappa shape index (κ1) is 22.0. The van der Waals surface area contributed by atoms with Crippen LogP contribution in [0.25, 0.3) is 16.9 Å². The number of nitrogens with one attached hydrogen (secondary N) is 2. The second kappa shape index (κ2) is 9.20. The Hall–Kier alpha value is -2.82. The molecule has 1 fully saturated rings. The van der Waals surface area contributed by atoms with E-state index in [1.165, 1.54) is 30.8 Å². The molecule has 0 aromatic carbocycles. The van der Waals surface area contributed by atoms with E-state index >= 15 is 0 Å². The Morgan fingerprint density at radius 1 is 1.27 bits per heavy atom. The molecule has 5 rings (SSSR count). The highest BCUT2D eigenvalue weighted by Crippen LogP contribution is 2.31. The summed E-state index contributed by atoms with van der Waals surface area (Å²) in [5.41, 5.74) is 4.74. The van der Waals surface area contributed by atoms with Crippen LogP contribution in [0.15, 0.2) is 30.9 Å². The van der Waals surface area contributed by atoms with Crippen molar-refractivity contribution in [3.8, 4) is 11.3 Å². The van der Waals surface area contributed by atoms with E-state index in [4.69, 9.17) is 14.1 Å². The molecule has 10 heteroatoms. The second-order valence-corrected chi connectivity index (χ2v) is 9.83. The van der Waals surface area contributed by atoms with Gasteiger partial charge in [0.15, 0.2) is 11.5 Å². The molecule has 4 aromatic rings. The summed E-state index contributed by atoms with van der Waals surface area (Å²) in [6.45, 7) is 6.94. The maximum Gasteiger partial charge on any atom is 0.180 e. The first-order valence-electron chi connectivity index (χ1n) is 11.4. The molecule has 1 aliphatic rings. The molecule has 0 spiro atoms. The second-order valence-electron chi connectivity index (χ2n) is 9.02. The molecule has 0 unspecified atom stereocenters. The number of ether oxygens (including phenoxy) is 1. The Kier molecular flexibility index (Phi) is 6.13. The van der Waals surface area contributed by atoms with Gasteiger partial charge in [0, 0.05) is 37.2 Å². The summed E-state index contributed by atoms with van der Waals surface area (Å²) >= 11 is 1.46. The van der Waals surface area contributed by atoms with Gasteiger partial charge < -0.3 is 10.1 Å². The lowest BCUT2D eigenvalue weighted by molar-refractivity contribution is 0.0159. The van der Waals surface area contributed by atoms with Crippen LogP contribution in [-0.2, 0) is 11.3 Å².